The minimum Gasteiger partial charge on any atom is -0.489 e. The van der Waals surface area contributed by atoms with Gasteiger partial charge in [-0.25, -0.2) is 0 Å². The van der Waals surface area contributed by atoms with Crippen molar-refractivity contribution in [1.82, 2.24) is 5.32 Å². The van der Waals surface area contributed by atoms with E-state index in [4.69, 9.17) is 25.8 Å². The van der Waals surface area contributed by atoms with E-state index < -0.39 is 0 Å². The summed E-state index contributed by atoms with van der Waals surface area (Å²) < 4.78 is 16.4. The van der Waals surface area contributed by atoms with Gasteiger partial charge in [-0.15, -0.1) is 0 Å². The van der Waals surface area contributed by atoms with Crippen molar-refractivity contribution in [1.29, 1.82) is 0 Å². The Kier molecular flexibility index (Phi) is 2.99. The number of piperidine rings is 1. The van der Waals surface area contributed by atoms with Crippen LogP contribution in [0.25, 0.3) is 0 Å². The number of nitrogens with one attached hydrogen (secondary N) is 1. The van der Waals surface area contributed by atoms with E-state index >= 15 is 0 Å². The van der Waals surface area contributed by atoms with Crippen LogP contribution in [0.15, 0.2) is 12.1 Å². The molecule has 0 bridgehead atoms. The molecule has 0 spiro atoms. The summed E-state index contributed by atoms with van der Waals surface area (Å²) in [5, 5.41) is 3.85. The van der Waals surface area contributed by atoms with Gasteiger partial charge >= 0.3 is 0 Å². The number of hydrogen-bond donors (Lipinski definition) is 1. The predicted molar refractivity (Wildman–Crippen MR) is 64.1 cm³/mol. The summed E-state index contributed by atoms with van der Waals surface area (Å²) in [6.45, 7) is 2.18. The van der Waals surface area contributed by atoms with E-state index in [9.17, 15) is 0 Å². The quantitative estimate of drug-likeness (QED) is 0.880. The molecule has 1 atom stereocenters. The largest absolute Gasteiger partial charge is 0.489 e. The Bertz CT molecular complexity index is 418. The van der Waals surface area contributed by atoms with Gasteiger partial charge in [0.25, 0.3) is 0 Å². The first-order chi connectivity index (χ1) is 8.33. The van der Waals surface area contributed by atoms with E-state index in [0.717, 1.165) is 31.7 Å². The molecular formula is C12H14ClNO3. The normalized spacial score (nSPS) is 22.5. The SMILES string of the molecule is Clc1cc(OC2CCCNC2)cc2c1OCO2. The van der Waals surface area contributed by atoms with E-state index in [1.165, 1.54) is 0 Å². The van der Waals surface area contributed by atoms with Crippen LogP contribution >= 0.6 is 11.6 Å². The summed E-state index contributed by atoms with van der Waals surface area (Å²) in [4.78, 5) is 0. The van der Waals surface area contributed by atoms with Crippen molar-refractivity contribution in [3.63, 3.8) is 0 Å². The number of halogens is 1. The van der Waals surface area contributed by atoms with Crippen LogP contribution in [0.1, 0.15) is 12.8 Å². The van der Waals surface area contributed by atoms with E-state index in [-0.39, 0.29) is 12.9 Å². The van der Waals surface area contributed by atoms with Crippen LogP contribution in [0.3, 0.4) is 0 Å². The topological polar surface area (TPSA) is 39.7 Å². The highest BCUT2D eigenvalue weighted by Gasteiger charge is 2.21. The lowest BCUT2D eigenvalue weighted by molar-refractivity contribution is 0.165. The smallest absolute Gasteiger partial charge is 0.231 e. The average molecular weight is 256 g/mol. The van der Waals surface area contributed by atoms with Crippen LogP contribution in [0, 0.1) is 0 Å². The first kappa shape index (κ1) is 11.0. The van der Waals surface area contributed by atoms with Gasteiger partial charge in [-0.1, -0.05) is 11.6 Å². The summed E-state index contributed by atoms with van der Waals surface area (Å²) in [5.74, 6) is 2.02. The zero-order chi connectivity index (χ0) is 11.7. The molecule has 1 unspecified atom stereocenters. The highest BCUT2D eigenvalue weighted by atomic mass is 35.5. The van der Waals surface area contributed by atoms with Gasteiger partial charge in [0, 0.05) is 18.7 Å². The fraction of sp³-hybridized carbons (Fsp3) is 0.500. The molecule has 0 aliphatic carbocycles. The van der Waals surface area contributed by atoms with Crippen LogP contribution in [-0.4, -0.2) is 26.0 Å². The van der Waals surface area contributed by atoms with Gasteiger partial charge in [-0.3, -0.25) is 0 Å². The molecule has 0 saturated carbocycles. The lowest BCUT2D eigenvalue weighted by atomic mass is 10.1. The van der Waals surface area contributed by atoms with Crippen molar-refractivity contribution >= 4 is 11.6 Å². The van der Waals surface area contributed by atoms with Crippen molar-refractivity contribution in [2.24, 2.45) is 0 Å². The van der Waals surface area contributed by atoms with E-state index in [1.807, 2.05) is 6.07 Å². The maximum absolute atomic E-state index is 6.09. The monoisotopic (exact) mass is 255 g/mol. The highest BCUT2D eigenvalue weighted by Crippen LogP contribution is 2.42. The number of benzene rings is 1. The Balaban J connectivity index is 1.76. The third-order valence-electron chi connectivity index (χ3n) is 2.96. The molecule has 17 heavy (non-hydrogen) atoms. The number of ether oxygens (including phenoxy) is 3. The van der Waals surface area contributed by atoms with Gasteiger partial charge in [0.1, 0.15) is 11.9 Å². The second kappa shape index (κ2) is 4.63. The van der Waals surface area contributed by atoms with Crippen molar-refractivity contribution in [3.8, 4) is 17.2 Å². The van der Waals surface area contributed by atoms with Crippen LogP contribution < -0.4 is 19.5 Å². The molecule has 1 saturated heterocycles. The molecule has 92 valence electrons. The molecule has 1 N–H and O–H groups in total. The molecule has 2 aliphatic heterocycles. The van der Waals surface area contributed by atoms with Crippen molar-refractivity contribution in [2.75, 3.05) is 19.9 Å². The Hall–Kier alpha value is -1.13. The predicted octanol–water partition coefficient (Wildman–Crippen LogP) is 2.20. The van der Waals surface area contributed by atoms with Crippen molar-refractivity contribution in [2.45, 2.75) is 18.9 Å². The molecule has 5 heteroatoms. The number of rotatable bonds is 2. The van der Waals surface area contributed by atoms with Crippen molar-refractivity contribution in [3.05, 3.63) is 17.2 Å². The van der Waals surface area contributed by atoms with Gasteiger partial charge in [0.2, 0.25) is 6.79 Å². The maximum atomic E-state index is 6.09. The van der Waals surface area contributed by atoms with Gasteiger partial charge in [-0.2, -0.15) is 0 Å². The molecule has 2 aliphatic rings. The molecule has 1 fully saturated rings. The first-order valence-electron chi connectivity index (χ1n) is 5.79. The maximum Gasteiger partial charge on any atom is 0.231 e. The number of fused-ring (bicyclic) bond motifs is 1. The minimum absolute atomic E-state index is 0.209. The van der Waals surface area contributed by atoms with Crippen molar-refractivity contribution < 1.29 is 14.2 Å². The van der Waals surface area contributed by atoms with Gasteiger partial charge in [0.05, 0.1) is 5.02 Å². The molecular weight excluding hydrogens is 242 g/mol. The molecule has 0 radical (unpaired) electrons. The minimum atomic E-state index is 0.209. The van der Waals surface area contributed by atoms with Gasteiger partial charge in [0.15, 0.2) is 11.5 Å². The zero-order valence-electron chi connectivity index (χ0n) is 9.37. The van der Waals surface area contributed by atoms with Gasteiger partial charge < -0.3 is 19.5 Å². The molecule has 3 rings (SSSR count). The van der Waals surface area contributed by atoms with Crippen LogP contribution in [0.2, 0.25) is 5.02 Å². The zero-order valence-corrected chi connectivity index (χ0v) is 10.1. The Labute approximate surface area is 105 Å². The molecule has 2 heterocycles. The summed E-state index contributed by atoms with van der Waals surface area (Å²) in [5.41, 5.74) is 0. The lowest BCUT2D eigenvalue weighted by Gasteiger charge is -2.24. The fourth-order valence-electron chi connectivity index (χ4n) is 2.12. The molecule has 0 aromatic heterocycles. The number of hydrogen-bond acceptors (Lipinski definition) is 4. The third-order valence-corrected chi connectivity index (χ3v) is 3.24. The Morgan fingerprint density at radius 3 is 3.12 bits per heavy atom. The summed E-state index contributed by atoms with van der Waals surface area (Å²) >= 11 is 6.09. The average Bonchev–Trinajstić information content (AvgIpc) is 2.79. The highest BCUT2D eigenvalue weighted by molar-refractivity contribution is 6.32. The molecule has 1 aromatic carbocycles. The first-order valence-corrected chi connectivity index (χ1v) is 6.17. The van der Waals surface area contributed by atoms with Crippen LogP contribution in [0.5, 0.6) is 17.2 Å². The van der Waals surface area contributed by atoms with Crippen LogP contribution in [-0.2, 0) is 0 Å². The lowest BCUT2D eigenvalue weighted by Crippen LogP contribution is -2.37. The Morgan fingerprint density at radius 1 is 1.35 bits per heavy atom. The van der Waals surface area contributed by atoms with E-state index in [0.29, 0.717) is 16.5 Å². The Morgan fingerprint density at radius 2 is 2.29 bits per heavy atom. The van der Waals surface area contributed by atoms with E-state index in [1.54, 1.807) is 6.07 Å². The standard InChI is InChI=1S/C12H14ClNO3/c13-10-4-9(5-11-12(10)16-7-15-11)17-8-2-1-3-14-6-8/h4-5,8,14H,1-3,6-7H2. The second-order valence-electron chi connectivity index (χ2n) is 4.23. The molecule has 0 amide bonds. The molecule has 1 aromatic rings. The van der Waals surface area contributed by atoms with Gasteiger partial charge in [-0.05, 0) is 19.4 Å². The van der Waals surface area contributed by atoms with E-state index in [2.05, 4.69) is 5.32 Å². The third kappa shape index (κ3) is 2.28. The summed E-state index contributed by atoms with van der Waals surface area (Å²) in [6.07, 6.45) is 2.42. The molecule has 4 nitrogen and oxygen atoms in total. The summed E-state index contributed by atoms with van der Waals surface area (Å²) in [7, 11) is 0. The van der Waals surface area contributed by atoms with Crippen LogP contribution in [0.4, 0.5) is 0 Å². The second-order valence-corrected chi connectivity index (χ2v) is 4.63. The summed E-state index contributed by atoms with van der Waals surface area (Å²) in [6, 6.07) is 3.62. The fourth-order valence-corrected chi connectivity index (χ4v) is 2.38.